The first-order valence-electron chi connectivity index (χ1n) is 17.0. The summed E-state index contributed by atoms with van der Waals surface area (Å²) in [6, 6.07) is 3.77. The van der Waals surface area contributed by atoms with Crippen LogP contribution in [0.15, 0.2) is 36.4 Å². The highest BCUT2D eigenvalue weighted by Crippen LogP contribution is 2.60. The summed E-state index contributed by atoms with van der Waals surface area (Å²) >= 11 is 0. The maximum absolute atomic E-state index is 12.9. The number of hydrogen-bond acceptors (Lipinski definition) is 10. The molecule has 10 nitrogen and oxygen atoms in total. The molecule has 0 heterocycles. The van der Waals surface area contributed by atoms with Gasteiger partial charge < -0.3 is 37.9 Å². The number of carbonyl (C=O) groups is 2. The van der Waals surface area contributed by atoms with Crippen LogP contribution in [0, 0.1) is 0 Å². The van der Waals surface area contributed by atoms with Crippen molar-refractivity contribution in [1.82, 2.24) is 0 Å². The third-order valence-electron chi connectivity index (χ3n) is 7.89. The third-order valence-corrected chi connectivity index (χ3v) is 7.89. The fraction of sp³-hybridized carbons (Fsp3) is 0.526. The lowest BCUT2D eigenvalue weighted by molar-refractivity contribution is -0.131. The van der Waals surface area contributed by atoms with Crippen LogP contribution in [0.1, 0.15) is 98.6 Å². The van der Waals surface area contributed by atoms with E-state index in [0.717, 1.165) is 30.4 Å². The second-order valence-corrected chi connectivity index (χ2v) is 11.4. The minimum absolute atomic E-state index is 0.127. The summed E-state index contributed by atoms with van der Waals surface area (Å²) in [6.07, 6.45) is 4.25. The molecule has 2 aromatic carbocycles. The van der Waals surface area contributed by atoms with E-state index in [0.29, 0.717) is 62.3 Å². The van der Waals surface area contributed by atoms with Crippen molar-refractivity contribution in [2.24, 2.45) is 0 Å². The van der Waals surface area contributed by atoms with Crippen molar-refractivity contribution in [2.45, 2.75) is 92.9 Å². The summed E-state index contributed by atoms with van der Waals surface area (Å²) in [4.78, 5) is 25.7. The second kappa shape index (κ2) is 17.7. The Balaban J connectivity index is 2.57. The predicted octanol–water partition coefficient (Wildman–Crippen LogP) is 8.29. The van der Waals surface area contributed by atoms with Crippen molar-refractivity contribution in [3.05, 3.63) is 47.6 Å². The number of esters is 2. The van der Waals surface area contributed by atoms with E-state index in [9.17, 15) is 9.59 Å². The quantitative estimate of drug-likeness (QED) is 0.0875. The average molecular weight is 669 g/mol. The topological polar surface area (TPSA) is 108 Å². The molecule has 0 aliphatic heterocycles. The number of benzene rings is 2. The minimum atomic E-state index is -0.740. The summed E-state index contributed by atoms with van der Waals surface area (Å²) in [6.45, 7) is 23.6. The van der Waals surface area contributed by atoms with Gasteiger partial charge in [0.25, 0.3) is 0 Å². The molecule has 1 saturated carbocycles. The molecule has 48 heavy (non-hydrogen) atoms. The fourth-order valence-electron chi connectivity index (χ4n) is 5.95. The molecule has 0 N–H and O–H groups in total. The van der Waals surface area contributed by atoms with Gasteiger partial charge in [0.05, 0.1) is 39.6 Å². The van der Waals surface area contributed by atoms with Gasteiger partial charge in [0.15, 0.2) is 23.0 Å². The van der Waals surface area contributed by atoms with E-state index in [2.05, 4.69) is 13.2 Å². The van der Waals surface area contributed by atoms with Gasteiger partial charge in [0, 0.05) is 27.7 Å². The highest BCUT2D eigenvalue weighted by Gasteiger charge is 2.45. The Labute approximate surface area is 285 Å². The van der Waals surface area contributed by atoms with E-state index < -0.39 is 17.4 Å². The van der Waals surface area contributed by atoms with Crippen LogP contribution in [-0.2, 0) is 15.0 Å². The van der Waals surface area contributed by atoms with Crippen LogP contribution in [0.3, 0.4) is 0 Å². The molecule has 1 fully saturated rings. The van der Waals surface area contributed by atoms with Crippen LogP contribution in [-0.4, -0.2) is 51.6 Å². The molecule has 1 aliphatic rings. The minimum Gasteiger partial charge on any atom is -0.490 e. The van der Waals surface area contributed by atoms with Crippen LogP contribution in [0.2, 0.25) is 0 Å². The van der Waals surface area contributed by atoms with Crippen molar-refractivity contribution in [2.75, 3.05) is 39.6 Å². The second-order valence-electron chi connectivity index (χ2n) is 11.4. The molecular weight excluding hydrogens is 616 g/mol. The molecule has 0 atom stereocenters. The first-order valence-corrected chi connectivity index (χ1v) is 17.0. The molecule has 1 aliphatic carbocycles. The maximum Gasteiger partial charge on any atom is 0.338 e. The van der Waals surface area contributed by atoms with E-state index >= 15 is 0 Å². The van der Waals surface area contributed by atoms with Crippen LogP contribution in [0.5, 0.6) is 46.0 Å². The molecule has 0 spiro atoms. The number of hydrogen-bond donors (Lipinski definition) is 0. The Hall–Kier alpha value is -4.34. The SMILES string of the molecule is C=C(C)C(=O)Oc1c(OCC)cc(C2(c3cc(OCC)c(OC(=O)C(=C)C)c(OCC)c3OCC)CCCCC2)c(OCC)c1OCC. The van der Waals surface area contributed by atoms with Gasteiger partial charge in [0.2, 0.25) is 23.0 Å². The van der Waals surface area contributed by atoms with Crippen molar-refractivity contribution in [3.8, 4) is 46.0 Å². The monoisotopic (exact) mass is 668 g/mol. The van der Waals surface area contributed by atoms with Crippen LogP contribution in [0.4, 0.5) is 0 Å². The Kier molecular flexibility index (Phi) is 14.1. The highest BCUT2D eigenvalue weighted by atomic mass is 16.6. The number of ether oxygens (including phenoxy) is 8. The molecule has 0 aromatic heterocycles. The summed E-state index contributed by atoms with van der Waals surface area (Å²) in [5.74, 6) is 1.10. The zero-order chi connectivity index (χ0) is 35.4. The fourth-order valence-corrected chi connectivity index (χ4v) is 5.95. The zero-order valence-electron chi connectivity index (χ0n) is 29.9. The van der Waals surface area contributed by atoms with Gasteiger partial charge >= 0.3 is 11.9 Å². The van der Waals surface area contributed by atoms with E-state index in [1.54, 1.807) is 13.8 Å². The summed E-state index contributed by atoms with van der Waals surface area (Å²) in [5, 5.41) is 0. The van der Waals surface area contributed by atoms with Crippen molar-refractivity contribution in [1.29, 1.82) is 0 Å². The normalized spacial score (nSPS) is 13.6. The van der Waals surface area contributed by atoms with Gasteiger partial charge in [-0.2, -0.15) is 0 Å². The average Bonchev–Trinajstić information content (AvgIpc) is 3.06. The van der Waals surface area contributed by atoms with Crippen LogP contribution in [0.25, 0.3) is 0 Å². The summed E-state index contributed by atoms with van der Waals surface area (Å²) in [5.41, 5.74) is 1.28. The smallest absolute Gasteiger partial charge is 0.338 e. The Bertz CT molecular complexity index is 1370. The van der Waals surface area contributed by atoms with Gasteiger partial charge in [-0.3, -0.25) is 0 Å². The molecule has 2 aromatic rings. The highest BCUT2D eigenvalue weighted by molar-refractivity contribution is 5.91. The number of rotatable bonds is 18. The van der Waals surface area contributed by atoms with Gasteiger partial charge in [-0.1, -0.05) is 32.4 Å². The standard InChI is InChI=1S/C38H52O10/c1-11-41-28-22-26(30(43-13-3)34(45-15-5)32(28)47-36(39)24(7)8)38(20-18-17-19-21-38)27-23-29(42-12-2)33(48-37(40)25(9)10)35(46-16-6)31(27)44-14-4/h22-23H,7,9,11-21H2,1-6,8,10H3. The lowest BCUT2D eigenvalue weighted by Crippen LogP contribution is -2.32. The molecular formula is C38H52O10. The summed E-state index contributed by atoms with van der Waals surface area (Å²) < 4.78 is 49.3. The van der Waals surface area contributed by atoms with Crippen LogP contribution >= 0.6 is 0 Å². The predicted molar refractivity (Wildman–Crippen MR) is 185 cm³/mol. The molecule has 0 amide bonds. The van der Waals surface area contributed by atoms with Gasteiger partial charge in [-0.25, -0.2) is 9.59 Å². The molecule has 0 saturated heterocycles. The molecule has 0 radical (unpaired) electrons. The molecule has 0 unspecified atom stereocenters. The Morgan fingerprint density at radius 3 is 1.19 bits per heavy atom. The zero-order valence-corrected chi connectivity index (χ0v) is 29.9. The Morgan fingerprint density at radius 2 is 0.875 bits per heavy atom. The van der Waals surface area contributed by atoms with E-state index in [1.807, 2.05) is 53.7 Å². The largest absolute Gasteiger partial charge is 0.490 e. The van der Waals surface area contributed by atoms with Crippen LogP contribution < -0.4 is 37.9 Å². The van der Waals surface area contributed by atoms with E-state index in [4.69, 9.17) is 37.9 Å². The maximum atomic E-state index is 12.9. The molecule has 10 heteroatoms. The van der Waals surface area contributed by atoms with Gasteiger partial charge in [0.1, 0.15) is 0 Å². The number of carbonyl (C=O) groups excluding carboxylic acids is 2. The van der Waals surface area contributed by atoms with E-state index in [1.165, 1.54) is 0 Å². The first-order chi connectivity index (χ1) is 23.0. The molecule has 0 bridgehead atoms. The third kappa shape index (κ3) is 8.20. The lowest BCUT2D eigenvalue weighted by Gasteiger charge is -2.41. The van der Waals surface area contributed by atoms with Crippen molar-refractivity contribution >= 4 is 11.9 Å². The van der Waals surface area contributed by atoms with E-state index in [-0.39, 0.29) is 47.4 Å². The first kappa shape index (κ1) is 38.1. The Morgan fingerprint density at radius 1 is 0.542 bits per heavy atom. The van der Waals surface area contributed by atoms with Gasteiger partial charge in [-0.15, -0.1) is 0 Å². The van der Waals surface area contributed by atoms with Crippen molar-refractivity contribution < 1.29 is 47.5 Å². The van der Waals surface area contributed by atoms with Gasteiger partial charge in [-0.05, 0) is 80.4 Å². The lowest BCUT2D eigenvalue weighted by atomic mass is 9.64. The van der Waals surface area contributed by atoms with Crippen molar-refractivity contribution in [3.63, 3.8) is 0 Å². The molecule has 3 rings (SSSR count). The summed E-state index contributed by atoms with van der Waals surface area (Å²) in [7, 11) is 0. The molecule has 264 valence electrons.